The predicted octanol–water partition coefficient (Wildman–Crippen LogP) is 5.28. The number of nitrogens with zero attached hydrogens (tertiary/aromatic N) is 2. The van der Waals surface area contributed by atoms with Crippen LogP contribution < -0.4 is 10.6 Å². The summed E-state index contributed by atoms with van der Waals surface area (Å²) in [5.74, 6) is -0.0169. The van der Waals surface area contributed by atoms with Crippen molar-refractivity contribution in [3.8, 4) is 11.3 Å². The van der Waals surface area contributed by atoms with E-state index in [-0.39, 0.29) is 11.7 Å². The minimum absolute atomic E-state index is 0.284. The molecule has 0 aliphatic heterocycles. The maximum Gasteiger partial charge on any atom is 0.255 e. The summed E-state index contributed by atoms with van der Waals surface area (Å²) in [5, 5.41) is 5.95. The van der Waals surface area contributed by atoms with Crippen molar-refractivity contribution in [1.82, 2.24) is 9.97 Å². The fraction of sp³-hybridized carbons (Fsp3) is 0. The van der Waals surface area contributed by atoms with Crippen LogP contribution in [-0.4, -0.2) is 15.9 Å². The van der Waals surface area contributed by atoms with Crippen LogP contribution in [0, 0.1) is 5.82 Å². The first-order chi connectivity index (χ1) is 14.2. The molecule has 0 aliphatic carbocycles. The molecule has 29 heavy (non-hydrogen) atoms. The average Bonchev–Trinajstić information content (AvgIpc) is 2.76. The van der Waals surface area contributed by atoms with E-state index in [1.807, 2.05) is 42.5 Å². The fourth-order valence-corrected chi connectivity index (χ4v) is 2.82. The highest BCUT2D eigenvalue weighted by Crippen LogP contribution is 2.21. The number of halogens is 1. The number of anilines is 3. The smallest absolute Gasteiger partial charge is 0.255 e. The molecule has 0 radical (unpaired) electrons. The Hall–Kier alpha value is -4.06. The van der Waals surface area contributed by atoms with Gasteiger partial charge < -0.3 is 10.6 Å². The largest absolute Gasteiger partial charge is 0.340 e. The Kier molecular flexibility index (Phi) is 5.25. The molecule has 4 rings (SSSR count). The number of rotatable bonds is 5. The molecule has 0 saturated heterocycles. The topological polar surface area (TPSA) is 66.9 Å². The van der Waals surface area contributed by atoms with Crippen LogP contribution in [0.1, 0.15) is 10.4 Å². The molecule has 0 unspecified atom stereocenters. The normalized spacial score (nSPS) is 10.4. The Morgan fingerprint density at radius 2 is 1.59 bits per heavy atom. The third-order valence-electron chi connectivity index (χ3n) is 4.24. The van der Waals surface area contributed by atoms with E-state index in [1.165, 1.54) is 30.6 Å². The number of nitrogens with one attached hydrogen (secondary N) is 2. The van der Waals surface area contributed by atoms with Gasteiger partial charge in [0.2, 0.25) is 0 Å². The number of carbonyl (C=O) groups excluding carboxylic acids is 1. The van der Waals surface area contributed by atoms with Crippen molar-refractivity contribution in [3.63, 3.8) is 0 Å². The molecule has 142 valence electrons. The molecule has 0 saturated carbocycles. The van der Waals surface area contributed by atoms with Crippen LogP contribution in [0.2, 0.25) is 0 Å². The Balaban J connectivity index is 1.50. The molecule has 0 bridgehead atoms. The summed E-state index contributed by atoms with van der Waals surface area (Å²) < 4.78 is 13.0. The molecule has 0 spiro atoms. The van der Waals surface area contributed by atoms with E-state index in [2.05, 4.69) is 20.6 Å². The van der Waals surface area contributed by atoms with Gasteiger partial charge in [0.25, 0.3) is 5.91 Å². The van der Waals surface area contributed by atoms with Crippen LogP contribution >= 0.6 is 0 Å². The van der Waals surface area contributed by atoms with Gasteiger partial charge in [-0.25, -0.2) is 14.4 Å². The first kappa shape index (κ1) is 18.3. The van der Waals surface area contributed by atoms with Gasteiger partial charge in [0.1, 0.15) is 18.0 Å². The number of benzene rings is 3. The monoisotopic (exact) mass is 384 g/mol. The summed E-state index contributed by atoms with van der Waals surface area (Å²) in [4.78, 5) is 21.0. The Morgan fingerprint density at radius 3 is 2.38 bits per heavy atom. The van der Waals surface area contributed by atoms with Crippen molar-refractivity contribution in [2.24, 2.45) is 0 Å². The Labute approximate surface area is 167 Å². The van der Waals surface area contributed by atoms with Crippen molar-refractivity contribution >= 4 is 23.1 Å². The van der Waals surface area contributed by atoms with E-state index < -0.39 is 0 Å². The molecule has 5 nitrogen and oxygen atoms in total. The van der Waals surface area contributed by atoms with Crippen LogP contribution in [-0.2, 0) is 0 Å². The molecular weight excluding hydrogens is 367 g/mol. The van der Waals surface area contributed by atoms with E-state index in [9.17, 15) is 9.18 Å². The second kappa shape index (κ2) is 8.31. The first-order valence-electron chi connectivity index (χ1n) is 8.99. The number of hydrogen-bond acceptors (Lipinski definition) is 4. The summed E-state index contributed by atoms with van der Waals surface area (Å²) in [7, 11) is 0. The summed E-state index contributed by atoms with van der Waals surface area (Å²) in [5.41, 5.74) is 3.50. The maximum absolute atomic E-state index is 13.0. The molecule has 0 atom stereocenters. The third kappa shape index (κ3) is 4.62. The van der Waals surface area contributed by atoms with Crippen molar-refractivity contribution in [1.29, 1.82) is 0 Å². The lowest BCUT2D eigenvalue weighted by Crippen LogP contribution is -2.12. The molecule has 0 fully saturated rings. The molecule has 1 amide bonds. The van der Waals surface area contributed by atoms with Gasteiger partial charge in [-0.3, -0.25) is 4.79 Å². The van der Waals surface area contributed by atoms with Crippen LogP contribution in [0.3, 0.4) is 0 Å². The van der Waals surface area contributed by atoms with Gasteiger partial charge in [0.05, 0.1) is 5.69 Å². The minimum atomic E-state index is -0.353. The molecule has 4 aromatic rings. The Morgan fingerprint density at radius 1 is 0.793 bits per heavy atom. The highest BCUT2D eigenvalue weighted by molar-refractivity contribution is 6.04. The van der Waals surface area contributed by atoms with Gasteiger partial charge in [0.15, 0.2) is 0 Å². The highest BCUT2D eigenvalue weighted by atomic mass is 19.1. The van der Waals surface area contributed by atoms with Gasteiger partial charge >= 0.3 is 0 Å². The molecular formula is C23H17FN4O. The van der Waals surface area contributed by atoms with Crippen molar-refractivity contribution < 1.29 is 9.18 Å². The van der Waals surface area contributed by atoms with Gasteiger partial charge in [-0.15, -0.1) is 0 Å². The molecule has 0 aliphatic rings. The summed E-state index contributed by atoms with van der Waals surface area (Å²) in [6.07, 6.45) is 1.50. The highest BCUT2D eigenvalue weighted by Gasteiger charge is 2.08. The lowest BCUT2D eigenvalue weighted by atomic mass is 10.1. The average molecular weight is 384 g/mol. The fourth-order valence-electron chi connectivity index (χ4n) is 2.82. The predicted molar refractivity (Wildman–Crippen MR) is 112 cm³/mol. The quantitative estimate of drug-likeness (QED) is 0.491. The van der Waals surface area contributed by atoms with Gasteiger partial charge in [0, 0.05) is 28.6 Å². The number of hydrogen-bond donors (Lipinski definition) is 2. The second-order valence-electron chi connectivity index (χ2n) is 6.32. The lowest BCUT2D eigenvalue weighted by molar-refractivity contribution is 0.102. The zero-order valence-corrected chi connectivity index (χ0v) is 15.3. The molecule has 6 heteroatoms. The zero-order valence-electron chi connectivity index (χ0n) is 15.3. The Bertz CT molecular complexity index is 1130. The summed E-state index contributed by atoms with van der Waals surface area (Å²) in [6.45, 7) is 0. The third-order valence-corrected chi connectivity index (χ3v) is 4.24. The second-order valence-corrected chi connectivity index (χ2v) is 6.32. The number of amides is 1. The van der Waals surface area contributed by atoms with Crippen molar-refractivity contribution in [2.75, 3.05) is 10.6 Å². The van der Waals surface area contributed by atoms with Gasteiger partial charge in [-0.1, -0.05) is 36.4 Å². The maximum atomic E-state index is 13.0. The van der Waals surface area contributed by atoms with E-state index in [4.69, 9.17) is 0 Å². The van der Waals surface area contributed by atoms with E-state index in [0.717, 1.165) is 16.9 Å². The van der Waals surface area contributed by atoms with Crippen LogP contribution in [0.5, 0.6) is 0 Å². The van der Waals surface area contributed by atoms with Crippen molar-refractivity contribution in [2.45, 2.75) is 0 Å². The van der Waals surface area contributed by atoms with Crippen LogP contribution in [0.15, 0.2) is 91.3 Å². The van der Waals surface area contributed by atoms with Crippen LogP contribution in [0.4, 0.5) is 21.6 Å². The molecule has 1 heterocycles. The minimum Gasteiger partial charge on any atom is -0.340 e. The van der Waals surface area contributed by atoms with E-state index >= 15 is 0 Å². The number of carbonyl (C=O) groups is 1. The SMILES string of the molecule is O=C(Nc1ccc(F)cc1)c1cccc(Nc2cc(-c3ccccc3)ncn2)c1. The van der Waals surface area contributed by atoms with Gasteiger partial charge in [-0.2, -0.15) is 0 Å². The molecule has 2 N–H and O–H groups in total. The van der Waals surface area contributed by atoms with E-state index in [0.29, 0.717) is 17.1 Å². The summed E-state index contributed by atoms with van der Waals surface area (Å²) >= 11 is 0. The summed E-state index contributed by atoms with van der Waals surface area (Å²) in [6, 6.07) is 24.3. The standard InChI is InChI=1S/C23H17FN4O/c24-18-9-11-19(12-10-18)28-23(29)17-7-4-8-20(13-17)27-22-14-21(25-15-26-22)16-5-2-1-3-6-16/h1-15H,(H,28,29)(H,25,26,27). The van der Waals surface area contributed by atoms with E-state index in [1.54, 1.807) is 18.2 Å². The van der Waals surface area contributed by atoms with Crippen LogP contribution in [0.25, 0.3) is 11.3 Å². The first-order valence-corrected chi connectivity index (χ1v) is 8.99. The van der Waals surface area contributed by atoms with Crippen molar-refractivity contribution in [3.05, 3.63) is 103 Å². The molecule has 1 aromatic heterocycles. The zero-order chi connectivity index (χ0) is 20.1. The molecule has 3 aromatic carbocycles. The lowest BCUT2D eigenvalue weighted by Gasteiger charge is -2.09. The number of aromatic nitrogens is 2. The van der Waals surface area contributed by atoms with Gasteiger partial charge in [-0.05, 0) is 42.5 Å².